The summed E-state index contributed by atoms with van der Waals surface area (Å²) < 4.78 is 60.8. The highest BCUT2D eigenvalue weighted by molar-refractivity contribution is 7.92. The summed E-state index contributed by atoms with van der Waals surface area (Å²) in [5.41, 5.74) is 2.37. The minimum Gasteiger partial charge on any atom is -0.496 e. The molecule has 5 aromatic rings. The monoisotopic (exact) mass is 504 g/mol. The number of fused-ring (bicyclic) bond motifs is 1. The van der Waals surface area contributed by atoms with Gasteiger partial charge in [-0.05, 0) is 65.0 Å². The maximum atomic E-state index is 13.7. The number of pyridine rings is 1. The Bertz CT molecular complexity index is 1700. The van der Waals surface area contributed by atoms with Crippen molar-refractivity contribution < 1.29 is 21.9 Å². The molecule has 2 aromatic heterocycles. The van der Waals surface area contributed by atoms with Crippen molar-refractivity contribution in [1.82, 2.24) is 15.0 Å². The highest BCUT2D eigenvalue weighted by Gasteiger charge is 2.18. The highest BCUT2D eigenvalue weighted by atomic mass is 32.2. The molecule has 0 atom stereocenters. The average Bonchev–Trinajstić information content (AvgIpc) is 2.89. The summed E-state index contributed by atoms with van der Waals surface area (Å²) in [6.07, 6.45) is 4.27. The normalized spacial score (nSPS) is 11.4. The fourth-order valence-corrected chi connectivity index (χ4v) is 4.87. The molecule has 0 spiro atoms. The summed E-state index contributed by atoms with van der Waals surface area (Å²) in [7, 11) is -2.38. The number of sulfonamides is 1. The predicted octanol–water partition coefficient (Wildman–Crippen LogP) is 5.45. The first-order chi connectivity index (χ1) is 17.4. The Morgan fingerprint density at radius 3 is 2.39 bits per heavy atom. The molecule has 0 aliphatic carbocycles. The number of hydrogen-bond donors (Lipinski definition) is 1. The fraction of sp³-hybridized carbons (Fsp3) is 0.0385. The number of methoxy groups -OCH3 is 1. The van der Waals surface area contributed by atoms with Crippen molar-refractivity contribution in [2.45, 2.75) is 4.90 Å². The topological polar surface area (TPSA) is 94.1 Å². The summed E-state index contributed by atoms with van der Waals surface area (Å²) in [4.78, 5) is 12.2. The smallest absolute Gasteiger partial charge is 0.263 e. The van der Waals surface area contributed by atoms with E-state index in [1.807, 2.05) is 0 Å². The van der Waals surface area contributed by atoms with Crippen LogP contribution in [0.4, 0.5) is 14.6 Å². The molecule has 0 saturated heterocycles. The van der Waals surface area contributed by atoms with Gasteiger partial charge in [-0.1, -0.05) is 18.2 Å². The molecule has 0 amide bonds. The third-order valence-electron chi connectivity index (χ3n) is 5.58. The Labute approximate surface area is 205 Å². The van der Waals surface area contributed by atoms with E-state index in [-0.39, 0.29) is 10.7 Å². The van der Waals surface area contributed by atoms with Crippen LogP contribution in [0.5, 0.6) is 5.75 Å². The van der Waals surface area contributed by atoms with Gasteiger partial charge in [-0.25, -0.2) is 27.2 Å². The van der Waals surface area contributed by atoms with E-state index in [1.54, 1.807) is 42.6 Å². The van der Waals surface area contributed by atoms with Crippen molar-refractivity contribution in [3.05, 3.63) is 97.1 Å². The van der Waals surface area contributed by atoms with Crippen LogP contribution < -0.4 is 9.46 Å². The van der Waals surface area contributed by atoms with E-state index in [9.17, 15) is 17.2 Å². The zero-order valence-corrected chi connectivity index (χ0v) is 19.6. The standard InChI is InChI=1S/C26H18F2N4O3S/c1-35-24-14-17(16-3-7-22(27)23(28)13-16)2-5-21(24)26-20-6-4-19(12-18(20)8-11-30-26)36(33,34)32-25-9-10-29-15-31-25/h2-15H,1H3,(H,29,31,32). The van der Waals surface area contributed by atoms with Gasteiger partial charge in [0.15, 0.2) is 11.6 Å². The van der Waals surface area contributed by atoms with Crippen LogP contribution >= 0.6 is 0 Å². The van der Waals surface area contributed by atoms with E-state index >= 15 is 0 Å². The Morgan fingerprint density at radius 1 is 0.833 bits per heavy atom. The van der Waals surface area contributed by atoms with Crippen molar-refractivity contribution in [3.8, 4) is 28.1 Å². The first kappa shape index (κ1) is 23.3. The van der Waals surface area contributed by atoms with Crippen molar-refractivity contribution >= 4 is 26.6 Å². The Hall–Kier alpha value is -4.44. The molecule has 5 rings (SSSR count). The zero-order chi connectivity index (χ0) is 25.3. The maximum absolute atomic E-state index is 13.7. The van der Waals surface area contributed by atoms with Crippen LogP contribution in [0.25, 0.3) is 33.2 Å². The summed E-state index contributed by atoms with van der Waals surface area (Å²) in [6, 6.07) is 16.8. The van der Waals surface area contributed by atoms with Gasteiger partial charge in [0, 0.05) is 23.3 Å². The second kappa shape index (κ2) is 9.31. The lowest BCUT2D eigenvalue weighted by Gasteiger charge is -2.13. The highest BCUT2D eigenvalue weighted by Crippen LogP contribution is 2.37. The zero-order valence-electron chi connectivity index (χ0n) is 18.8. The Kier molecular flexibility index (Phi) is 6.03. The van der Waals surface area contributed by atoms with Gasteiger partial charge in [-0.2, -0.15) is 0 Å². The summed E-state index contributed by atoms with van der Waals surface area (Å²) in [5, 5.41) is 1.36. The lowest BCUT2D eigenvalue weighted by Crippen LogP contribution is -2.13. The van der Waals surface area contributed by atoms with Crippen molar-refractivity contribution in [3.63, 3.8) is 0 Å². The number of aromatic nitrogens is 3. The van der Waals surface area contributed by atoms with Crippen LogP contribution in [0.3, 0.4) is 0 Å². The number of nitrogens with one attached hydrogen (secondary N) is 1. The van der Waals surface area contributed by atoms with Gasteiger partial charge in [0.05, 0.1) is 17.7 Å². The molecule has 0 aliphatic rings. The molecule has 0 aliphatic heterocycles. The molecule has 7 nitrogen and oxygen atoms in total. The molecule has 180 valence electrons. The number of ether oxygens (including phenoxy) is 1. The molecule has 36 heavy (non-hydrogen) atoms. The second-order valence-electron chi connectivity index (χ2n) is 7.79. The second-order valence-corrected chi connectivity index (χ2v) is 9.47. The van der Waals surface area contributed by atoms with E-state index in [0.717, 1.165) is 12.1 Å². The van der Waals surface area contributed by atoms with E-state index in [1.165, 1.54) is 37.8 Å². The van der Waals surface area contributed by atoms with Gasteiger partial charge in [-0.15, -0.1) is 0 Å². The molecule has 0 saturated carbocycles. The maximum Gasteiger partial charge on any atom is 0.263 e. The number of halogens is 2. The van der Waals surface area contributed by atoms with Crippen molar-refractivity contribution in [1.29, 1.82) is 0 Å². The van der Waals surface area contributed by atoms with E-state index in [4.69, 9.17) is 4.74 Å². The molecule has 10 heteroatoms. The number of benzene rings is 3. The average molecular weight is 505 g/mol. The molecule has 0 bridgehead atoms. The summed E-state index contributed by atoms with van der Waals surface area (Å²) >= 11 is 0. The molecule has 1 N–H and O–H groups in total. The van der Waals surface area contributed by atoms with Crippen LogP contribution in [0.15, 0.2) is 90.3 Å². The Morgan fingerprint density at radius 2 is 1.64 bits per heavy atom. The lowest BCUT2D eigenvalue weighted by molar-refractivity contribution is 0.416. The fourth-order valence-electron chi connectivity index (χ4n) is 3.83. The first-order valence-corrected chi connectivity index (χ1v) is 12.2. The van der Waals surface area contributed by atoms with E-state index in [2.05, 4.69) is 19.7 Å². The third-order valence-corrected chi connectivity index (χ3v) is 6.93. The van der Waals surface area contributed by atoms with Crippen molar-refractivity contribution in [2.75, 3.05) is 11.8 Å². The van der Waals surface area contributed by atoms with Crippen LogP contribution in [0.1, 0.15) is 0 Å². The summed E-state index contributed by atoms with van der Waals surface area (Å²) in [5.74, 6) is -1.23. The van der Waals surface area contributed by atoms with Crippen LogP contribution in [0.2, 0.25) is 0 Å². The first-order valence-electron chi connectivity index (χ1n) is 10.7. The molecular weight excluding hydrogens is 486 g/mol. The van der Waals surface area contributed by atoms with Gasteiger partial charge < -0.3 is 4.74 Å². The SMILES string of the molecule is COc1cc(-c2ccc(F)c(F)c2)ccc1-c1nccc2cc(S(=O)(=O)Nc3ccncn3)ccc12. The number of rotatable bonds is 6. The van der Waals surface area contributed by atoms with Crippen molar-refractivity contribution in [2.24, 2.45) is 0 Å². The quantitative estimate of drug-likeness (QED) is 0.331. The van der Waals surface area contributed by atoms with Crippen LogP contribution in [0, 0.1) is 11.6 Å². The van der Waals surface area contributed by atoms with Gasteiger partial charge in [0.2, 0.25) is 0 Å². The van der Waals surface area contributed by atoms with Crippen LogP contribution in [-0.2, 0) is 10.0 Å². The lowest BCUT2D eigenvalue weighted by atomic mass is 9.99. The predicted molar refractivity (Wildman–Crippen MR) is 132 cm³/mol. The minimum atomic E-state index is -3.88. The number of nitrogens with zero attached hydrogens (tertiary/aromatic N) is 3. The molecular formula is C26H18F2N4O3S. The Balaban J connectivity index is 1.55. The van der Waals surface area contributed by atoms with Gasteiger partial charge in [0.25, 0.3) is 10.0 Å². The largest absolute Gasteiger partial charge is 0.496 e. The number of anilines is 1. The molecule has 0 fully saturated rings. The molecule has 3 aromatic carbocycles. The van der Waals surface area contributed by atoms with Gasteiger partial charge in [-0.3, -0.25) is 9.71 Å². The number of hydrogen-bond acceptors (Lipinski definition) is 6. The molecule has 0 unspecified atom stereocenters. The van der Waals surface area contributed by atoms with Crippen LogP contribution in [-0.4, -0.2) is 30.5 Å². The van der Waals surface area contributed by atoms with Gasteiger partial charge >= 0.3 is 0 Å². The minimum absolute atomic E-state index is 0.0615. The third kappa shape index (κ3) is 4.46. The van der Waals surface area contributed by atoms with Gasteiger partial charge in [0.1, 0.15) is 17.9 Å². The summed E-state index contributed by atoms with van der Waals surface area (Å²) in [6.45, 7) is 0. The molecule has 0 radical (unpaired) electrons. The molecule has 2 heterocycles. The van der Waals surface area contributed by atoms with E-state index in [0.29, 0.717) is 38.9 Å². The van der Waals surface area contributed by atoms with E-state index < -0.39 is 21.7 Å².